The Labute approximate surface area is 141 Å². The van der Waals surface area contributed by atoms with E-state index in [9.17, 15) is 13.2 Å². The molecular weight excluding hydrogens is 328 g/mol. The van der Waals surface area contributed by atoms with E-state index in [0.717, 1.165) is 18.5 Å². The van der Waals surface area contributed by atoms with Crippen LogP contribution in [0.3, 0.4) is 0 Å². The van der Waals surface area contributed by atoms with Crippen LogP contribution >= 0.6 is 0 Å². The highest BCUT2D eigenvalue weighted by Gasteiger charge is 2.42. The third-order valence-electron chi connectivity index (χ3n) is 4.91. The molecule has 0 spiro atoms. The van der Waals surface area contributed by atoms with E-state index < -0.39 is 10.0 Å². The Morgan fingerprint density at radius 2 is 2.04 bits per heavy atom. The minimum absolute atomic E-state index is 0.128. The quantitative estimate of drug-likeness (QED) is 0.889. The number of hydrogen-bond acceptors (Lipinski definition) is 5. The first-order chi connectivity index (χ1) is 11.2. The van der Waals surface area contributed by atoms with Crippen molar-refractivity contribution in [2.75, 3.05) is 18.5 Å². The van der Waals surface area contributed by atoms with Crippen LogP contribution in [-0.4, -0.2) is 50.4 Å². The molecular formula is C16H20N4O3S. The van der Waals surface area contributed by atoms with Crippen LogP contribution in [-0.2, 0) is 10.0 Å². The van der Waals surface area contributed by atoms with Crippen molar-refractivity contribution in [1.82, 2.24) is 9.62 Å². The molecule has 2 aliphatic heterocycles. The van der Waals surface area contributed by atoms with Crippen LogP contribution in [0.2, 0.25) is 0 Å². The summed E-state index contributed by atoms with van der Waals surface area (Å²) in [5, 5.41) is 0. The topological polar surface area (TPSA) is 82.1 Å². The van der Waals surface area contributed by atoms with Crippen molar-refractivity contribution < 1.29 is 13.2 Å². The Hall–Kier alpha value is -1.93. The normalized spacial score (nSPS) is 24.5. The summed E-state index contributed by atoms with van der Waals surface area (Å²) >= 11 is 0. The summed E-state index contributed by atoms with van der Waals surface area (Å²) in [6, 6.07) is 4.89. The monoisotopic (exact) mass is 348 g/mol. The molecule has 1 amide bonds. The number of carbonyl (C=O) groups is 1. The second kappa shape index (κ2) is 4.80. The molecule has 1 aliphatic carbocycles. The van der Waals surface area contributed by atoms with E-state index in [2.05, 4.69) is 9.71 Å². The van der Waals surface area contributed by atoms with Crippen LogP contribution in [0.5, 0.6) is 0 Å². The van der Waals surface area contributed by atoms with Crippen molar-refractivity contribution in [3.05, 3.63) is 23.8 Å². The minimum atomic E-state index is -3.63. The van der Waals surface area contributed by atoms with Gasteiger partial charge in [0.2, 0.25) is 16.0 Å². The molecule has 1 aromatic carbocycles. The van der Waals surface area contributed by atoms with Gasteiger partial charge in [0, 0.05) is 12.6 Å². The molecule has 1 fully saturated rings. The first-order valence-corrected chi connectivity index (χ1v) is 9.50. The average Bonchev–Trinajstić information content (AvgIpc) is 3.10. The van der Waals surface area contributed by atoms with Crippen molar-refractivity contribution >= 4 is 27.6 Å². The van der Waals surface area contributed by atoms with E-state index >= 15 is 0 Å². The molecule has 2 heterocycles. The van der Waals surface area contributed by atoms with Gasteiger partial charge in [-0.05, 0) is 44.9 Å². The number of aliphatic imine (C=N–C) groups is 1. The predicted octanol–water partition coefficient (Wildman–Crippen LogP) is 1.17. The largest absolute Gasteiger partial charge is 0.307 e. The smallest absolute Gasteiger partial charge is 0.262 e. The lowest BCUT2D eigenvalue weighted by molar-refractivity contribution is 0.0865. The third kappa shape index (κ3) is 2.24. The molecule has 1 aromatic rings. The van der Waals surface area contributed by atoms with Gasteiger partial charge in [0.25, 0.3) is 5.91 Å². The number of carbonyl (C=O) groups excluding carboxylic acids is 1. The van der Waals surface area contributed by atoms with Crippen LogP contribution in [0.15, 0.2) is 28.1 Å². The number of fused-ring (bicyclic) bond motifs is 3. The minimum Gasteiger partial charge on any atom is -0.307 e. The van der Waals surface area contributed by atoms with E-state index in [1.165, 1.54) is 11.0 Å². The molecule has 24 heavy (non-hydrogen) atoms. The van der Waals surface area contributed by atoms with Crippen molar-refractivity contribution in [2.24, 2.45) is 4.99 Å². The molecule has 3 aliphatic rings. The van der Waals surface area contributed by atoms with Crippen LogP contribution in [0, 0.1) is 0 Å². The molecule has 1 saturated carbocycles. The third-order valence-corrected chi connectivity index (χ3v) is 6.54. The van der Waals surface area contributed by atoms with Crippen molar-refractivity contribution in [3.8, 4) is 0 Å². The highest BCUT2D eigenvalue weighted by molar-refractivity contribution is 7.89. The number of nitrogens with one attached hydrogen (secondary N) is 1. The van der Waals surface area contributed by atoms with E-state index in [1.807, 2.05) is 18.7 Å². The van der Waals surface area contributed by atoms with E-state index in [1.54, 1.807) is 19.2 Å². The summed E-state index contributed by atoms with van der Waals surface area (Å²) in [6.45, 7) is 4.53. The number of anilines is 1. The Balaban J connectivity index is 1.78. The fraction of sp³-hybridized carbons (Fsp3) is 0.500. The molecule has 1 unspecified atom stereocenters. The molecule has 0 radical (unpaired) electrons. The molecule has 8 heteroatoms. The summed E-state index contributed by atoms with van der Waals surface area (Å²) in [5.74, 6) is 0.392. The van der Waals surface area contributed by atoms with Crippen molar-refractivity contribution in [2.45, 2.75) is 43.2 Å². The molecule has 1 atom stereocenters. The Bertz CT molecular complexity index is 873. The van der Waals surface area contributed by atoms with Gasteiger partial charge >= 0.3 is 0 Å². The maximum absolute atomic E-state index is 12.6. The lowest BCUT2D eigenvalue weighted by Crippen LogP contribution is -2.50. The fourth-order valence-electron chi connectivity index (χ4n) is 3.19. The second-order valence-electron chi connectivity index (χ2n) is 7.07. The maximum Gasteiger partial charge on any atom is 0.262 e. The molecule has 0 bridgehead atoms. The highest BCUT2D eigenvalue weighted by atomic mass is 32.2. The van der Waals surface area contributed by atoms with Crippen molar-refractivity contribution in [1.29, 1.82) is 0 Å². The van der Waals surface area contributed by atoms with Crippen molar-refractivity contribution in [3.63, 3.8) is 0 Å². The zero-order chi connectivity index (χ0) is 17.3. The van der Waals surface area contributed by atoms with Crippen LogP contribution in [0.4, 0.5) is 5.69 Å². The number of sulfonamides is 1. The average molecular weight is 348 g/mol. The first kappa shape index (κ1) is 15.6. The molecule has 7 nitrogen and oxygen atoms in total. The van der Waals surface area contributed by atoms with Gasteiger partial charge in [0.15, 0.2) is 0 Å². The summed E-state index contributed by atoms with van der Waals surface area (Å²) in [5.41, 5.74) is 0.770. The molecule has 0 aromatic heterocycles. The van der Waals surface area contributed by atoms with Gasteiger partial charge < -0.3 is 4.90 Å². The number of amides is 1. The van der Waals surface area contributed by atoms with Gasteiger partial charge in [-0.25, -0.2) is 13.1 Å². The second-order valence-corrected chi connectivity index (χ2v) is 8.75. The van der Waals surface area contributed by atoms with Gasteiger partial charge in [0.05, 0.1) is 28.7 Å². The lowest BCUT2D eigenvalue weighted by atomic mass is 10.1. The number of hydrogen-bond donors (Lipinski definition) is 1. The zero-order valence-corrected chi connectivity index (χ0v) is 14.7. The molecule has 0 saturated heterocycles. The standard InChI is InChI=1S/C16H20N4O3S/c1-10-9-17-15-19(3)14(21)12-8-11(4-5-13(12)20(10)15)24(22,23)18-16(2)6-7-16/h4-5,8,10,18H,6-7,9H2,1-3H3. The van der Waals surface area contributed by atoms with Gasteiger partial charge in [-0.3, -0.25) is 14.7 Å². The molecule has 4 rings (SSSR count). The number of guanidine groups is 1. The number of rotatable bonds is 3. The summed E-state index contributed by atoms with van der Waals surface area (Å²) in [7, 11) is -1.97. The summed E-state index contributed by atoms with van der Waals surface area (Å²) in [6.07, 6.45) is 1.67. The maximum atomic E-state index is 12.6. The SMILES string of the molecule is CC1CN=C2N(C)C(=O)c3cc(S(=O)(=O)NC4(C)CC4)ccc3N21. The summed E-state index contributed by atoms with van der Waals surface area (Å²) < 4.78 is 27.9. The van der Waals surface area contributed by atoms with E-state index in [0.29, 0.717) is 18.1 Å². The van der Waals surface area contributed by atoms with E-state index in [-0.39, 0.29) is 22.4 Å². The predicted molar refractivity (Wildman–Crippen MR) is 90.7 cm³/mol. The van der Waals surface area contributed by atoms with Gasteiger partial charge in [-0.1, -0.05) is 0 Å². The first-order valence-electron chi connectivity index (χ1n) is 8.02. The van der Waals surface area contributed by atoms with Gasteiger partial charge in [-0.2, -0.15) is 0 Å². The molecule has 1 N–H and O–H groups in total. The fourth-order valence-corrected chi connectivity index (χ4v) is 4.68. The Morgan fingerprint density at radius 3 is 2.71 bits per heavy atom. The summed E-state index contributed by atoms with van der Waals surface area (Å²) in [4.78, 5) is 20.7. The lowest BCUT2D eigenvalue weighted by Gasteiger charge is -2.36. The number of nitrogens with zero attached hydrogens (tertiary/aromatic N) is 3. The highest BCUT2D eigenvalue weighted by Crippen LogP contribution is 2.37. The Morgan fingerprint density at radius 1 is 1.33 bits per heavy atom. The van der Waals surface area contributed by atoms with E-state index in [4.69, 9.17) is 0 Å². The van der Waals surface area contributed by atoms with Crippen LogP contribution < -0.4 is 9.62 Å². The Kier molecular flexibility index (Phi) is 3.11. The number of benzene rings is 1. The zero-order valence-electron chi connectivity index (χ0n) is 13.9. The molecule has 128 valence electrons. The van der Waals surface area contributed by atoms with Crippen LogP contribution in [0.1, 0.15) is 37.0 Å². The van der Waals surface area contributed by atoms with Gasteiger partial charge in [-0.15, -0.1) is 0 Å². The van der Waals surface area contributed by atoms with Crippen LogP contribution in [0.25, 0.3) is 0 Å². The van der Waals surface area contributed by atoms with Gasteiger partial charge in [0.1, 0.15) is 0 Å².